The summed E-state index contributed by atoms with van der Waals surface area (Å²) in [5.41, 5.74) is 2.46. The Morgan fingerprint density at radius 1 is 1.33 bits per heavy atom. The van der Waals surface area contributed by atoms with Gasteiger partial charge in [-0.25, -0.2) is 0 Å². The molecule has 0 fully saturated rings. The summed E-state index contributed by atoms with van der Waals surface area (Å²) in [5.74, 6) is 0. The van der Waals surface area contributed by atoms with Crippen LogP contribution in [-0.4, -0.2) is 11.5 Å². The van der Waals surface area contributed by atoms with Crippen LogP contribution in [-0.2, 0) is 13.0 Å². The number of benzene rings is 1. The molecular weight excluding hydrogens is 248 g/mol. The molecule has 1 N–H and O–H groups in total. The SMILES string of the molecule is O=[N+]([O-])c1cccc(-c2cc3c(s2)CNCC3)c1. The molecule has 0 unspecified atom stereocenters. The van der Waals surface area contributed by atoms with Gasteiger partial charge in [-0.05, 0) is 30.2 Å². The van der Waals surface area contributed by atoms with E-state index in [-0.39, 0.29) is 10.6 Å². The minimum Gasteiger partial charge on any atom is -0.312 e. The Kier molecular flexibility index (Phi) is 2.85. The molecule has 0 bridgehead atoms. The molecule has 1 aromatic carbocycles. The fourth-order valence-electron chi connectivity index (χ4n) is 2.17. The van der Waals surface area contributed by atoms with E-state index < -0.39 is 0 Å². The Balaban J connectivity index is 2.01. The summed E-state index contributed by atoms with van der Waals surface area (Å²) >= 11 is 1.72. The third kappa shape index (κ3) is 2.02. The van der Waals surface area contributed by atoms with Crippen molar-refractivity contribution in [3.05, 3.63) is 50.9 Å². The van der Waals surface area contributed by atoms with Gasteiger partial charge in [0.2, 0.25) is 0 Å². The van der Waals surface area contributed by atoms with Gasteiger partial charge in [-0.3, -0.25) is 10.1 Å². The predicted molar refractivity (Wildman–Crippen MR) is 71.8 cm³/mol. The van der Waals surface area contributed by atoms with Crippen LogP contribution >= 0.6 is 11.3 Å². The van der Waals surface area contributed by atoms with Crippen LogP contribution in [0.3, 0.4) is 0 Å². The van der Waals surface area contributed by atoms with Crippen molar-refractivity contribution in [2.45, 2.75) is 13.0 Å². The number of hydrogen-bond donors (Lipinski definition) is 1. The van der Waals surface area contributed by atoms with E-state index in [2.05, 4.69) is 11.4 Å². The van der Waals surface area contributed by atoms with Gasteiger partial charge in [0.1, 0.15) is 0 Å². The maximum absolute atomic E-state index is 10.8. The van der Waals surface area contributed by atoms with Crippen molar-refractivity contribution >= 4 is 17.0 Å². The van der Waals surface area contributed by atoms with Crippen LogP contribution in [0.2, 0.25) is 0 Å². The van der Waals surface area contributed by atoms with E-state index in [9.17, 15) is 10.1 Å². The number of thiophene rings is 1. The van der Waals surface area contributed by atoms with Crippen LogP contribution in [0.4, 0.5) is 5.69 Å². The topological polar surface area (TPSA) is 55.2 Å². The van der Waals surface area contributed by atoms with Gasteiger partial charge in [0.05, 0.1) is 4.92 Å². The number of nitro groups is 1. The maximum Gasteiger partial charge on any atom is 0.270 e. The first-order valence-electron chi connectivity index (χ1n) is 5.81. The molecule has 1 aromatic heterocycles. The number of nitrogens with zero attached hydrogens (tertiary/aromatic N) is 1. The molecule has 0 aliphatic carbocycles. The van der Waals surface area contributed by atoms with Gasteiger partial charge in [-0.15, -0.1) is 11.3 Å². The summed E-state index contributed by atoms with van der Waals surface area (Å²) in [5, 5.41) is 14.1. The van der Waals surface area contributed by atoms with Crippen molar-refractivity contribution in [2.24, 2.45) is 0 Å². The highest BCUT2D eigenvalue weighted by molar-refractivity contribution is 7.15. The predicted octanol–water partition coefficient (Wildman–Crippen LogP) is 2.97. The molecule has 3 rings (SSSR count). The number of nitro benzene ring substituents is 1. The molecule has 4 nitrogen and oxygen atoms in total. The van der Waals surface area contributed by atoms with Crippen molar-refractivity contribution in [2.75, 3.05) is 6.54 Å². The van der Waals surface area contributed by atoms with Crippen LogP contribution < -0.4 is 5.32 Å². The van der Waals surface area contributed by atoms with E-state index in [1.54, 1.807) is 23.5 Å². The smallest absolute Gasteiger partial charge is 0.270 e. The minimum atomic E-state index is -0.349. The third-order valence-corrected chi connectivity index (χ3v) is 4.32. The van der Waals surface area contributed by atoms with Crippen molar-refractivity contribution < 1.29 is 4.92 Å². The molecule has 0 saturated carbocycles. The molecule has 0 spiro atoms. The number of fused-ring (bicyclic) bond motifs is 1. The van der Waals surface area contributed by atoms with E-state index in [1.165, 1.54) is 16.5 Å². The van der Waals surface area contributed by atoms with E-state index in [4.69, 9.17) is 0 Å². The van der Waals surface area contributed by atoms with Gasteiger partial charge in [-0.1, -0.05) is 12.1 Å². The molecule has 92 valence electrons. The minimum absolute atomic E-state index is 0.150. The van der Waals surface area contributed by atoms with Crippen molar-refractivity contribution in [1.29, 1.82) is 0 Å². The molecule has 2 aromatic rings. The summed E-state index contributed by atoms with van der Waals surface area (Å²) in [7, 11) is 0. The van der Waals surface area contributed by atoms with Crippen LogP contribution in [0.5, 0.6) is 0 Å². The maximum atomic E-state index is 10.8. The Morgan fingerprint density at radius 2 is 2.22 bits per heavy atom. The number of nitrogens with one attached hydrogen (secondary N) is 1. The molecule has 1 aliphatic heterocycles. The molecule has 2 heterocycles. The van der Waals surface area contributed by atoms with Crippen molar-refractivity contribution in [3.8, 4) is 10.4 Å². The molecule has 0 atom stereocenters. The van der Waals surface area contributed by atoms with Crippen molar-refractivity contribution in [1.82, 2.24) is 5.32 Å². The van der Waals surface area contributed by atoms with Gasteiger partial charge >= 0.3 is 0 Å². The molecule has 18 heavy (non-hydrogen) atoms. The lowest BCUT2D eigenvalue weighted by Gasteiger charge is -2.10. The lowest BCUT2D eigenvalue weighted by Crippen LogP contribution is -2.21. The van der Waals surface area contributed by atoms with Crippen LogP contribution in [0.25, 0.3) is 10.4 Å². The van der Waals surface area contributed by atoms with Gasteiger partial charge in [0.15, 0.2) is 0 Å². The zero-order valence-corrected chi connectivity index (χ0v) is 10.5. The zero-order chi connectivity index (χ0) is 12.5. The van der Waals surface area contributed by atoms with Gasteiger partial charge in [-0.2, -0.15) is 0 Å². The number of non-ortho nitro benzene ring substituents is 1. The highest BCUT2D eigenvalue weighted by Crippen LogP contribution is 2.34. The first kappa shape index (κ1) is 11.4. The third-order valence-electron chi connectivity index (χ3n) is 3.09. The van der Waals surface area contributed by atoms with Gasteiger partial charge < -0.3 is 5.32 Å². The highest BCUT2D eigenvalue weighted by Gasteiger charge is 2.15. The van der Waals surface area contributed by atoms with Crippen LogP contribution in [0.15, 0.2) is 30.3 Å². The first-order valence-corrected chi connectivity index (χ1v) is 6.63. The molecule has 0 saturated heterocycles. The second-order valence-electron chi connectivity index (χ2n) is 4.29. The Morgan fingerprint density at radius 3 is 3.00 bits per heavy atom. The first-order chi connectivity index (χ1) is 8.74. The fraction of sp³-hybridized carbons (Fsp3) is 0.231. The number of rotatable bonds is 2. The Labute approximate surface area is 108 Å². The summed E-state index contributed by atoms with van der Waals surface area (Å²) < 4.78 is 0. The largest absolute Gasteiger partial charge is 0.312 e. The quantitative estimate of drug-likeness (QED) is 0.667. The molecule has 0 radical (unpaired) electrons. The standard InChI is InChI=1S/C13H12N2O2S/c16-15(17)11-3-1-2-9(6-11)12-7-10-4-5-14-8-13(10)18-12/h1-3,6-7,14H,4-5,8H2. The van der Waals surface area contributed by atoms with E-state index in [0.717, 1.165) is 30.0 Å². The molecule has 0 amide bonds. The normalized spacial score (nSPS) is 14.2. The fourth-order valence-corrected chi connectivity index (χ4v) is 3.35. The average Bonchev–Trinajstić information content (AvgIpc) is 2.82. The molecule has 1 aliphatic rings. The highest BCUT2D eigenvalue weighted by atomic mass is 32.1. The second kappa shape index (κ2) is 4.51. The van der Waals surface area contributed by atoms with Gasteiger partial charge in [0, 0.05) is 28.4 Å². The number of hydrogen-bond acceptors (Lipinski definition) is 4. The Bertz CT molecular complexity index is 583. The Hall–Kier alpha value is -1.72. The summed E-state index contributed by atoms with van der Waals surface area (Å²) in [6, 6.07) is 9.01. The lowest BCUT2D eigenvalue weighted by atomic mass is 10.1. The molecule has 5 heteroatoms. The summed E-state index contributed by atoms with van der Waals surface area (Å²) in [4.78, 5) is 12.9. The average molecular weight is 260 g/mol. The summed E-state index contributed by atoms with van der Waals surface area (Å²) in [6.07, 6.45) is 1.04. The van der Waals surface area contributed by atoms with Crippen LogP contribution in [0, 0.1) is 10.1 Å². The monoisotopic (exact) mass is 260 g/mol. The lowest BCUT2D eigenvalue weighted by molar-refractivity contribution is -0.384. The van der Waals surface area contributed by atoms with Crippen molar-refractivity contribution in [3.63, 3.8) is 0 Å². The summed E-state index contributed by atoms with van der Waals surface area (Å²) in [6.45, 7) is 1.92. The second-order valence-corrected chi connectivity index (χ2v) is 5.43. The van der Waals surface area contributed by atoms with E-state index in [0.29, 0.717) is 0 Å². The molecular formula is C13H12N2O2S. The van der Waals surface area contributed by atoms with Crippen LogP contribution in [0.1, 0.15) is 10.4 Å². The van der Waals surface area contributed by atoms with E-state index in [1.807, 2.05) is 6.07 Å². The van der Waals surface area contributed by atoms with E-state index >= 15 is 0 Å². The van der Waals surface area contributed by atoms with Gasteiger partial charge in [0.25, 0.3) is 5.69 Å². The zero-order valence-electron chi connectivity index (χ0n) is 9.68.